The van der Waals surface area contributed by atoms with E-state index in [2.05, 4.69) is 0 Å². The van der Waals surface area contributed by atoms with E-state index in [0.717, 1.165) is 18.9 Å². The molecule has 0 fully saturated rings. The highest BCUT2D eigenvalue weighted by Gasteiger charge is 2.44. The zero-order valence-corrected chi connectivity index (χ0v) is 14.6. The van der Waals surface area contributed by atoms with E-state index in [4.69, 9.17) is 9.84 Å². The van der Waals surface area contributed by atoms with Crippen LogP contribution in [0.25, 0.3) is 0 Å². The molecule has 0 saturated carbocycles. The maximum Gasteiger partial charge on any atom is 0.403 e. The van der Waals surface area contributed by atoms with Gasteiger partial charge >= 0.3 is 18.1 Å². The van der Waals surface area contributed by atoms with Gasteiger partial charge in [0.05, 0.1) is 19.6 Å². The Kier molecular flexibility index (Phi) is 6.09. The molecule has 1 heterocycles. The van der Waals surface area contributed by atoms with Gasteiger partial charge in [0.25, 0.3) is 0 Å². The first-order valence-electron chi connectivity index (χ1n) is 8.09. The second-order valence-electron chi connectivity index (χ2n) is 6.16. The quantitative estimate of drug-likeness (QED) is 0.717. The van der Waals surface area contributed by atoms with Crippen molar-refractivity contribution in [2.45, 2.75) is 44.1 Å². The molecule has 1 aliphatic rings. The van der Waals surface area contributed by atoms with Crippen molar-refractivity contribution in [1.29, 1.82) is 0 Å². The number of para-hydroxylation sites is 1. The first kappa shape index (κ1) is 20.7. The fraction of sp³-hybridized carbons (Fsp3) is 0.471. The molecule has 1 aliphatic heterocycles. The number of nitrogens with zero attached hydrogens (tertiary/aromatic N) is 1. The zero-order valence-electron chi connectivity index (χ0n) is 14.6. The maximum absolute atomic E-state index is 13.0. The van der Waals surface area contributed by atoms with Crippen molar-refractivity contribution in [3.8, 4) is 0 Å². The van der Waals surface area contributed by atoms with Crippen molar-refractivity contribution in [1.82, 2.24) is 5.32 Å². The molecule has 2 rings (SSSR count). The molecule has 0 spiro atoms. The summed E-state index contributed by atoms with van der Waals surface area (Å²) >= 11 is 0. The van der Waals surface area contributed by atoms with E-state index in [1.54, 1.807) is 24.3 Å². The van der Waals surface area contributed by atoms with Gasteiger partial charge < -0.3 is 9.84 Å². The predicted molar refractivity (Wildman–Crippen MR) is 88.1 cm³/mol. The molecular weight excluding hydrogens is 369 g/mol. The number of methoxy groups -OCH3 is 1. The Balaban J connectivity index is 2.38. The summed E-state index contributed by atoms with van der Waals surface area (Å²) in [6.45, 7) is 0.790. The zero-order chi connectivity index (χ0) is 20.4. The molecule has 1 amide bonds. The Labute approximate surface area is 153 Å². The fourth-order valence-corrected chi connectivity index (χ4v) is 2.94. The third-order valence-electron chi connectivity index (χ3n) is 4.31. The summed E-state index contributed by atoms with van der Waals surface area (Å²) in [5.74, 6) is -3.12. The minimum atomic E-state index is -4.66. The summed E-state index contributed by atoms with van der Waals surface area (Å²) in [4.78, 5) is 37.2. The largest absolute Gasteiger partial charge is 0.481 e. The standard InChI is InChI=1S/C17H19F3N2O5/c1-9(17(18,19)20)21-11(8-14(23)24)15(25)22-12-6-4-3-5-10(12)7-13(22)16(26)27-2/h3-6,9,11,13,21H,7-8H2,1-2H3,(H,23,24)/t9?,11-,13-/m0/s1. The molecule has 0 saturated heterocycles. The van der Waals surface area contributed by atoms with Crippen molar-refractivity contribution in [2.75, 3.05) is 12.0 Å². The van der Waals surface area contributed by atoms with Gasteiger partial charge in [-0.25, -0.2) is 4.79 Å². The van der Waals surface area contributed by atoms with E-state index >= 15 is 0 Å². The van der Waals surface area contributed by atoms with Crippen LogP contribution < -0.4 is 10.2 Å². The SMILES string of the molecule is COC(=O)[C@@H]1Cc2ccccc2N1C(=O)[C@H](CC(=O)O)NC(C)C(F)(F)F. The Hall–Kier alpha value is -2.62. The number of fused-ring (bicyclic) bond motifs is 1. The lowest BCUT2D eigenvalue weighted by atomic mass is 10.1. The lowest BCUT2D eigenvalue weighted by Crippen LogP contribution is -2.56. The lowest BCUT2D eigenvalue weighted by Gasteiger charge is -2.30. The molecule has 0 bridgehead atoms. The second-order valence-corrected chi connectivity index (χ2v) is 6.16. The number of nitrogens with one attached hydrogen (secondary N) is 1. The van der Waals surface area contributed by atoms with Gasteiger partial charge in [-0.05, 0) is 18.6 Å². The number of hydrogen-bond donors (Lipinski definition) is 2. The number of carbonyl (C=O) groups is 3. The first-order chi connectivity index (χ1) is 12.6. The smallest absolute Gasteiger partial charge is 0.403 e. The molecular formula is C17H19F3N2O5. The van der Waals surface area contributed by atoms with E-state index in [-0.39, 0.29) is 6.42 Å². The lowest BCUT2D eigenvalue weighted by molar-refractivity contribution is -0.157. The number of carboxylic acid groups (broad SMARTS) is 1. The number of alkyl halides is 3. The van der Waals surface area contributed by atoms with Crippen LogP contribution in [0.4, 0.5) is 18.9 Å². The first-order valence-corrected chi connectivity index (χ1v) is 8.09. The van der Waals surface area contributed by atoms with Crippen LogP contribution in [0.2, 0.25) is 0 Å². The summed E-state index contributed by atoms with van der Waals surface area (Å²) in [5.41, 5.74) is 0.981. The van der Waals surface area contributed by atoms with Crippen LogP contribution >= 0.6 is 0 Å². The van der Waals surface area contributed by atoms with E-state index in [1.165, 1.54) is 0 Å². The summed E-state index contributed by atoms with van der Waals surface area (Å²) in [5, 5.41) is 11.0. The molecule has 0 aliphatic carbocycles. The predicted octanol–water partition coefficient (Wildman–Crippen LogP) is 1.50. The van der Waals surface area contributed by atoms with E-state index in [0.29, 0.717) is 11.3 Å². The number of benzene rings is 1. The van der Waals surface area contributed by atoms with Gasteiger partial charge in [-0.2, -0.15) is 13.2 Å². The van der Waals surface area contributed by atoms with Gasteiger partial charge in [-0.1, -0.05) is 18.2 Å². The number of carbonyl (C=O) groups excluding carboxylic acids is 2. The van der Waals surface area contributed by atoms with Crippen molar-refractivity contribution >= 4 is 23.5 Å². The number of carboxylic acids is 1. The number of ether oxygens (including phenoxy) is 1. The molecule has 10 heteroatoms. The fourth-order valence-electron chi connectivity index (χ4n) is 2.94. The molecule has 1 unspecified atom stereocenters. The second kappa shape index (κ2) is 7.95. The number of rotatable bonds is 6. The van der Waals surface area contributed by atoms with E-state index in [9.17, 15) is 27.6 Å². The highest BCUT2D eigenvalue weighted by Crippen LogP contribution is 2.33. The number of amides is 1. The molecule has 2 N–H and O–H groups in total. The maximum atomic E-state index is 13.0. The van der Waals surface area contributed by atoms with Crippen molar-refractivity contribution in [3.05, 3.63) is 29.8 Å². The molecule has 148 valence electrons. The molecule has 0 radical (unpaired) electrons. The van der Waals surface area contributed by atoms with Gasteiger partial charge in [0.2, 0.25) is 5.91 Å². The van der Waals surface area contributed by atoms with Gasteiger partial charge in [-0.15, -0.1) is 0 Å². The number of hydrogen-bond acceptors (Lipinski definition) is 5. The summed E-state index contributed by atoms with van der Waals surface area (Å²) < 4.78 is 43.3. The molecule has 1 aromatic carbocycles. The third kappa shape index (κ3) is 4.57. The summed E-state index contributed by atoms with van der Waals surface area (Å²) in [6, 6.07) is 1.67. The monoisotopic (exact) mass is 388 g/mol. The van der Waals surface area contributed by atoms with Crippen LogP contribution in [0.3, 0.4) is 0 Å². The van der Waals surface area contributed by atoms with Crippen molar-refractivity contribution in [3.63, 3.8) is 0 Å². The summed E-state index contributed by atoms with van der Waals surface area (Å²) in [6.07, 6.45) is -5.41. The van der Waals surface area contributed by atoms with E-state index < -0.39 is 48.6 Å². The minimum absolute atomic E-state index is 0.128. The van der Waals surface area contributed by atoms with Crippen molar-refractivity contribution in [2.24, 2.45) is 0 Å². The number of aliphatic carboxylic acids is 1. The third-order valence-corrected chi connectivity index (χ3v) is 4.31. The molecule has 0 aromatic heterocycles. The van der Waals surface area contributed by atoms with Crippen LogP contribution in [0.5, 0.6) is 0 Å². The van der Waals surface area contributed by atoms with Crippen LogP contribution in [0.15, 0.2) is 24.3 Å². The molecule has 27 heavy (non-hydrogen) atoms. The van der Waals surface area contributed by atoms with Gasteiger partial charge in [0.1, 0.15) is 12.1 Å². The molecule has 3 atom stereocenters. The van der Waals surface area contributed by atoms with Crippen LogP contribution in [0.1, 0.15) is 18.9 Å². The Morgan fingerprint density at radius 2 is 1.96 bits per heavy atom. The Bertz CT molecular complexity index is 738. The average molecular weight is 388 g/mol. The van der Waals surface area contributed by atoms with E-state index in [1.807, 2.05) is 5.32 Å². The van der Waals surface area contributed by atoms with Gasteiger partial charge in [0.15, 0.2) is 0 Å². The van der Waals surface area contributed by atoms with Crippen LogP contribution in [-0.2, 0) is 25.5 Å². The Morgan fingerprint density at radius 3 is 2.52 bits per heavy atom. The normalized spacial score (nSPS) is 18.6. The van der Waals surface area contributed by atoms with Crippen molar-refractivity contribution < 1.29 is 37.4 Å². The number of esters is 1. The van der Waals surface area contributed by atoms with Crippen LogP contribution in [-0.4, -0.2) is 54.4 Å². The molecule has 1 aromatic rings. The number of anilines is 1. The highest BCUT2D eigenvalue weighted by molar-refractivity contribution is 6.05. The van der Waals surface area contributed by atoms with Gasteiger partial charge in [0, 0.05) is 12.1 Å². The average Bonchev–Trinajstić information content (AvgIpc) is 2.98. The highest BCUT2D eigenvalue weighted by atomic mass is 19.4. The van der Waals surface area contributed by atoms with Crippen LogP contribution in [0, 0.1) is 0 Å². The number of halogens is 3. The minimum Gasteiger partial charge on any atom is -0.481 e. The van der Waals surface area contributed by atoms with Gasteiger partial charge in [-0.3, -0.25) is 19.8 Å². The topological polar surface area (TPSA) is 95.9 Å². The molecule has 7 nitrogen and oxygen atoms in total. The Morgan fingerprint density at radius 1 is 1.33 bits per heavy atom. The summed E-state index contributed by atoms with van der Waals surface area (Å²) in [7, 11) is 1.13.